The Labute approximate surface area is 86.0 Å². The molecule has 0 spiro atoms. The van der Waals surface area contributed by atoms with Gasteiger partial charge in [0.15, 0.2) is 0 Å². The van der Waals surface area contributed by atoms with Crippen LogP contribution in [0.5, 0.6) is 0 Å². The average Bonchev–Trinajstić information content (AvgIpc) is 1.67. The predicted molar refractivity (Wildman–Crippen MR) is 31.1 cm³/mol. The van der Waals surface area contributed by atoms with Crippen LogP contribution in [0.1, 0.15) is 1.43 Å². The zero-order chi connectivity index (χ0) is 14.5. The fraction of sp³-hybridized carbons (Fsp3) is 1.00. The summed E-state index contributed by atoms with van der Waals surface area (Å²) in [4.78, 5) is 0. The first-order valence-electron chi connectivity index (χ1n) is 3.42. The van der Waals surface area contributed by atoms with Crippen LogP contribution in [0.3, 0.4) is 0 Å². The van der Waals surface area contributed by atoms with E-state index < -0.39 is 30.4 Å². The minimum absolute atomic E-state index is 0. The highest BCUT2D eigenvalue weighted by Gasteiger charge is 2.90. The highest BCUT2D eigenvalue weighted by atomic mass is 19.4. The summed E-state index contributed by atoms with van der Waals surface area (Å²) in [6.45, 7) is 0. The van der Waals surface area contributed by atoms with Gasteiger partial charge in [-0.05, 0) is 0 Å². The molecule has 0 saturated heterocycles. The van der Waals surface area contributed by atoms with E-state index in [-0.39, 0.29) is 1.43 Å². The Morgan fingerprint density at radius 2 is 0.529 bits per heavy atom. The molecule has 0 nitrogen and oxygen atoms in total. The second-order valence-electron chi connectivity index (χ2n) is 3.03. The maximum absolute atomic E-state index is 11.7. The molecule has 0 rings (SSSR count). The summed E-state index contributed by atoms with van der Waals surface area (Å²) in [5.74, 6) is 0. The molecule has 0 amide bonds. The fourth-order valence-corrected chi connectivity index (χ4v) is 1.11. The average molecular weight is 288 g/mol. The normalized spacial score (nSPS) is 16.2. The van der Waals surface area contributed by atoms with E-state index in [1.54, 1.807) is 0 Å². The summed E-state index contributed by atoms with van der Waals surface area (Å²) in [7, 11) is 0. The molecule has 13 heteroatoms. The summed E-state index contributed by atoms with van der Waals surface area (Å²) < 4.78 is 141. The highest BCUT2D eigenvalue weighted by Crippen LogP contribution is 2.57. The lowest BCUT2D eigenvalue weighted by molar-refractivity contribution is -0.208. The number of rotatable bonds is 0. The van der Waals surface area contributed by atoms with Crippen LogP contribution in [0.15, 0.2) is 0 Å². The Balaban J connectivity index is 0. The van der Waals surface area contributed by atoms with Crippen molar-refractivity contribution in [3.8, 4) is 0 Å². The van der Waals surface area contributed by atoms with Crippen molar-refractivity contribution in [2.24, 2.45) is 0 Å². The highest BCUT2D eigenvalue weighted by molar-refractivity contribution is 6.86. The monoisotopic (exact) mass is 288 g/mol. The van der Waals surface area contributed by atoms with Crippen molar-refractivity contribution in [1.82, 2.24) is 0 Å². The van der Waals surface area contributed by atoms with Gasteiger partial charge in [0.05, 0.1) is 0 Å². The van der Waals surface area contributed by atoms with Crippen molar-refractivity contribution in [2.45, 2.75) is 24.3 Å². The van der Waals surface area contributed by atoms with Gasteiger partial charge in [0, 0.05) is 0 Å². The molecule has 0 aliphatic rings. The molecule has 0 N–H and O–H groups in total. The maximum atomic E-state index is 11.7. The molecular formula is C4HBF12. The Morgan fingerprint density at radius 1 is 0.412 bits per heavy atom. The third kappa shape index (κ3) is 2.15. The van der Waals surface area contributed by atoms with Crippen molar-refractivity contribution >= 4 is 6.15 Å². The molecule has 17 heavy (non-hydrogen) atoms. The van der Waals surface area contributed by atoms with Gasteiger partial charge in [-0.25, -0.2) is 52.7 Å². The number of alkyl halides is 12. The lowest BCUT2D eigenvalue weighted by atomic mass is 9.21. The first-order chi connectivity index (χ1) is 7.00. The van der Waals surface area contributed by atoms with Crippen molar-refractivity contribution in [3.05, 3.63) is 0 Å². The minimum atomic E-state index is -8.58. The SMILES string of the molecule is FC(F)(F)[B-](C(F)(F)F)(C(F)(F)F)C(F)(F)F.[H+]. The van der Waals surface area contributed by atoms with E-state index in [0.717, 1.165) is 0 Å². The first kappa shape index (κ1) is 16.2. The van der Waals surface area contributed by atoms with Crippen molar-refractivity contribution < 1.29 is 54.1 Å². The standard InChI is InChI=1S/C4BF12/c6-1(7,8)5(2(9,10)11,3(12,13)14)4(15,16)17/q-1/p+1. The lowest BCUT2D eigenvalue weighted by Crippen LogP contribution is -2.79. The minimum Gasteiger partial charge on any atom is -0.215 e. The molecule has 0 radical (unpaired) electrons. The maximum Gasteiger partial charge on any atom is 1.00 e. The second kappa shape index (κ2) is 3.61. The smallest absolute Gasteiger partial charge is 0.215 e. The second-order valence-corrected chi connectivity index (χ2v) is 3.03. The van der Waals surface area contributed by atoms with Gasteiger partial charge in [-0.2, -0.15) is 0 Å². The number of hydrogen-bond acceptors (Lipinski definition) is 0. The quantitative estimate of drug-likeness (QED) is 0.467. The van der Waals surface area contributed by atoms with Crippen LogP contribution in [0, 0.1) is 0 Å². The van der Waals surface area contributed by atoms with Crippen LogP contribution in [0.2, 0.25) is 0 Å². The van der Waals surface area contributed by atoms with Crippen molar-refractivity contribution in [2.75, 3.05) is 0 Å². The third-order valence-corrected chi connectivity index (χ3v) is 1.96. The molecule has 104 valence electrons. The van der Waals surface area contributed by atoms with Crippen LogP contribution >= 0.6 is 0 Å². The molecule has 0 aliphatic heterocycles. The summed E-state index contributed by atoms with van der Waals surface area (Å²) in [6.07, 6.45) is -38.8. The van der Waals surface area contributed by atoms with Gasteiger partial charge in [-0.1, -0.05) is 0 Å². The molecule has 0 aromatic heterocycles. The Bertz CT molecular complexity index is 217. The van der Waals surface area contributed by atoms with E-state index in [1.165, 1.54) is 0 Å². The molecule has 0 unspecified atom stereocenters. The lowest BCUT2D eigenvalue weighted by Gasteiger charge is -2.44. The van der Waals surface area contributed by atoms with E-state index in [4.69, 9.17) is 0 Å². The van der Waals surface area contributed by atoms with E-state index in [0.29, 0.717) is 0 Å². The summed E-state index contributed by atoms with van der Waals surface area (Å²) >= 11 is 0. The zero-order valence-corrected chi connectivity index (χ0v) is 7.11. The summed E-state index contributed by atoms with van der Waals surface area (Å²) in [5, 5.41) is 0. The predicted octanol–water partition coefficient (Wildman–Crippen LogP) is 3.95. The van der Waals surface area contributed by atoms with E-state index in [1.807, 2.05) is 0 Å². The molecule has 0 fully saturated rings. The van der Waals surface area contributed by atoms with Crippen LogP contribution < -0.4 is 0 Å². The summed E-state index contributed by atoms with van der Waals surface area (Å²) in [6, 6.07) is 0. The van der Waals surface area contributed by atoms with Gasteiger partial charge in [0.1, 0.15) is 0 Å². The molecule has 0 aliphatic carbocycles. The van der Waals surface area contributed by atoms with Gasteiger partial charge in [0.25, 0.3) is 24.3 Å². The van der Waals surface area contributed by atoms with Crippen LogP contribution in [-0.2, 0) is 0 Å². The van der Waals surface area contributed by atoms with Gasteiger partial charge in [0.2, 0.25) is 0 Å². The Kier molecular flexibility index (Phi) is 3.44. The molecule has 0 aromatic rings. The molecule has 0 bridgehead atoms. The molecule has 0 aromatic carbocycles. The fourth-order valence-electron chi connectivity index (χ4n) is 1.11. The van der Waals surface area contributed by atoms with Crippen LogP contribution in [0.25, 0.3) is 0 Å². The molecule has 0 saturated carbocycles. The van der Waals surface area contributed by atoms with Gasteiger partial charge < -0.3 is 0 Å². The van der Waals surface area contributed by atoms with E-state index in [9.17, 15) is 52.7 Å². The van der Waals surface area contributed by atoms with Crippen LogP contribution in [0.4, 0.5) is 52.7 Å². The third-order valence-electron chi connectivity index (χ3n) is 1.96. The van der Waals surface area contributed by atoms with Gasteiger partial charge >= 0.3 is 7.57 Å². The molecule has 0 atom stereocenters. The van der Waals surface area contributed by atoms with Gasteiger partial charge in [-0.3, -0.25) is 0 Å². The largest absolute Gasteiger partial charge is 1.00 e. The number of hydrogen-bond donors (Lipinski definition) is 0. The van der Waals surface area contributed by atoms with Crippen molar-refractivity contribution in [3.63, 3.8) is 0 Å². The number of halogens is 12. The van der Waals surface area contributed by atoms with Gasteiger partial charge in [-0.15, -0.1) is 0 Å². The van der Waals surface area contributed by atoms with Crippen LogP contribution in [-0.4, -0.2) is 30.4 Å². The first-order valence-corrected chi connectivity index (χ1v) is 3.42. The Hall–Kier alpha value is -0.775. The Morgan fingerprint density at radius 3 is 0.529 bits per heavy atom. The summed E-state index contributed by atoms with van der Waals surface area (Å²) in [5.41, 5.74) is 0. The molecule has 0 heterocycles. The van der Waals surface area contributed by atoms with E-state index >= 15 is 0 Å². The van der Waals surface area contributed by atoms with Crippen molar-refractivity contribution in [1.29, 1.82) is 0 Å². The van der Waals surface area contributed by atoms with E-state index in [2.05, 4.69) is 0 Å². The zero-order valence-electron chi connectivity index (χ0n) is 8.11. The topological polar surface area (TPSA) is 0 Å². The molecular weight excluding hydrogens is 287 g/mol.